The second kappa shape index (κ2) is 6.89. The molecule has 1 aliphatic carbocycles. The quantitative estimate of drug-likeness (QED) is 0.876. The minimum atomic E-state index is -0.728. The van der Waals surface area contributed by atoms with Gasteiger partial charge in [-0.15, -0.1) is 0 Å². The van der Waals surface area contributed by atoms with Gasteiger partial charge in [-0.3, -0.25) is 4.79 Å². The molecule has 21 heavy (non-hydrogen) atoms. The standard InChI is InChI=1S/C16H22FNO3/c1-18(12-16(20)8-2-3-9-16)15(19)7-10-21-14-6-4-5-13(17)11-14/h4-6,11,20H,2-3,7-10,12H2,1H3. The fourth-order valence-electron chi connectivity index (χ4n) is 2.72. The Morgan fingerprint density at radius 2 is 2.14 bits per heavy atom. The van der Waals surface area contributed by atoms with Gasteiger partial charge in [-0.1, -0.05) is 18.9 Å². The van der Waals surface area contributed by atoms with Gasteiger partial charge in [-0.05, 0) is 25.0 Å². The molecule has 1 N–H and O–H groups in total. The van der Waals surface area contributed by atoms with E-state index >= 15 is 0 Å². The molecule has 1 fully saturated rings. The average molecular weight is 295 g/mol. The van der Waals surface area contributed by atoms with Crippen molar-refractivity contribution < 1.29 is 19.0 Å². The molecule has 0 unspecified atom stereocenters. The Labute approximate surface area is 124 Å². The molecule has 2 rings (SSSR count). The highest BCUT2D eigenvalue weighted by molar-refractivity contribution is 5.76. The monoisotopic (exact) mass is 295 g/mol. The maximum Gasteiger partial charge on any atom is 0.225 e. The highest BCUT2D eigenvalue weighted by Gasteiger charge is 2.33. The number of rotatable bonds is 6. The van der Waals surface area contributed by atoms with Gasteiger partial charge in [0.2, 0.25) is 5.91 Å². The van der Waals surface area contributed by atoms with E-state index < -0.39 is 5.60 Å². The van der Waals surface area contributed by atoms with Crippen LogP contribution in [0.4, 0.5) is 4.39 Å². The number of nitrogens with zero attached hydrogens (tertiary/aromatic N) is 1. The molecule has 0 spiro atoms. The molecule has 5 heteroatoms. The summed E-state index contributed by atoms with van der Waals surface area (Å²) in [6.07, 6.45) is 3.75. The average Bonchev–Trinajstić information content (AvgIpc) is 2.85. The summed E-state index contributed by atoms with van der Waals surface area (Å²) < 4.78 is 18.3. The molecule has 0 aromatic heterocycles. The van der Waals surface area contributed by atoms with Gasteiger partial charge < -0.3 is 14.7 Å². The van der Waals surface area contributed by atoms with Crippen LogP contribution in [-0.2, 0) is 4.79 Å². The molecular weight excluding hydrogens is 273 g/mol. The summed E-state index contributed by atoms with van der Waals surface area (Å²) in [5, 5.41) is 10.3. The van der Waals surface area contributed by atoms with Crippen LogP contribution in [0.2, 0.25) is 0 Å². The lowest BCUT2D eigenvalue weighted by Crippen LogP contribution is -2.42. The smallest absolute Gasteiger partial charge is 0.225 e. The van der Waals surface area contributed by atoms with Crippen molar-refractivity contribution in [1.82, 2.24) is 4.90 Å². The van der Waals surface area contributed by atoms with Crippen molar-refractivity contribution in [3.63, 3.8) is 0 Å². The van der Waals surface area contributed by atoms with Crippen LogP contribution in [0.5, 0.6) is 5.75 Å². The summed E-state index contributed by atoms with van der Waals surface area (Å²) in [7, 11) is 1.70. The molecule has 0 saturated heterocycles. The van der Waals surface area contributed by atoms with Crippen LogP contribution < -0.4 is 4.74 Å². The van der Waals surface area contributed by atoms with Crippen molar-refractivity contribution in [2.45, 2.75) is 37.7 Å². The number of likely N-dealkylation sites (N-methyl/N-ethyl adjacent to an activating group) is 1. The third-order valence-electron chi connectivity index (χ3n) is 3.87. The van der Waals surface area contributed by atoms with E-state index in [1.54, 1.807) is 24.1 Å². The molecule has 1 amide bonds. The number of carbonyl (C=O) groups is 1. The third-order valence-corrected chi connectivity index (χ3v) is 3.87. The second-order valence-electron chi connectivity index (χ2n) is 5.74. The fourth-order valence-corrected chi connectivity index (χ4v) is 2.72. The molecule has 1 saturated carbocycles. The van der Waals surface area contributed by atoms with E-state index in [0.29, 0.717) is 12.3 Å². The molecule has 1 aromatic carbocycles. The van der Waals surface area contributed by atoms with Gasteiger partial charge in [0.1, 0.15) is 11.6 Å². The van der Waals surface area contributed by atoms with E-state index in [0.717, 1.165) is 25.7 Å². The lowest BCUT2D eigenvalue weighted by Gasteiger charge is -2.28. The van der Waals surface area contributed by atoms with Crippen LogP contribution in [0.1, 0.15) is 32.1 Å². The van der Waals surface area contributed by atoms with Crippen LogP contribution in [0.3, 0.4) is 0 Å². The lowest BCUT2D eigenvalue weighted by atomic mass is 10.0. The van der Waals surface area contributed by atoms with E-state index in [1.165, 1.54) is 12.1 Å². The number of amides is 1. The fraction of sp³-hybridized carbons (Fsp3) is 0.562. The van der Waals surface area contributed by atoms with Gasteiger partial charge in [-0.25, -0.2) is 4.39 Å². The third kappa shape index (κ3) is 4.70. The number of ether oxygens (including phenoxy) is 1. The number of benzene rings is 1. The Hall–Kier alpha value is -1.62. The summed E-state index contributed by atoms with van der Waals surface area (Å²) in [6, 6.07) is 5.84. The summed E-state index contributed by atoms with van der Waals surface area (Å²) in [5.41, 5.74) is -0.728. The Bertz CT molecular complexity index is 486. The first-order valence-electron chi connectivity index (χ1n) is 7.33. The minimum Gasteiger partial charge on any atom is -0.493 e. The predicted molar refractivity (Wildman–Crippen MR) is 77.6 cm³/mol. The molecule has 1 aromatic rings. The van der Waals surface area contributed by atoms with Crippen molar-refractivity contribution in [2.75, 3.05) is 20.2 Å². The normalized spacial score (nSPS) is 16.7. The van der Waals surface area contributed by atoms with E-state index in [2.05, 4.69) is 0 Å². The molecule has 0 radical (unpaired) electrons. The van der Waals surface area contributed by atoms with E-state index in [4.69, 9.17) is 4.74 Å². The number of aliphatic hydroxyl groups is 1. The van der Waals surface area contributed by atoms with Crippen molar-refractivity contribution in [1.29, 1.82) is 0 Å². The summed E-state index contributed by atoms with van der Waals surface area (Å²) in [6.45, 7) is 0.566. The molecule has 116 valence electrons. The van der Waals surface area contributed by atoms with Gasteiger partial charge in [0.05, 0.1) is 18.6 Å². The second-order valence-corrected chi connectivity index (χ2v) is 5.74. The van der Waals surface area contributed by atoms with Crippen molar-refractivity contribution >= 4 is 5.91 Å². The molecule has 0 atom stereocenters. The first-order chi connectivity index (χ1) is 9.98. The maximum atomic E-state index is 13.0. The Balaban J connectivity index is 1.73. The number of hydrogen-bond donors (Lipinski definition) is 1. The Morgan fingerprint density at radius 1 is 1.43 bits per heavy atom. The van der Waals surface area contributed by atoms with Gasteiger partial charge in [0.25, 0.3) is 0 Å². The first-order valence-corrected chi connectivity index (χ1v) is 7.33. The van der Waals surface area contributed by atoms with Gasteiger partial charge >= 0.3 is 0 Å². The molecule has 1 aliphatic rings. The summed E-state index contributed by atoms with van der Waals surface area (Å²) >= 11 is 0. The van der Waals surface area contributed by atoms with Crippen LogP contribution in [0, 0.1) is 5.82 Å². The van der Waals surface area contributed by atoms with Crippen LogP contribution >= 0.6 is 0 Å². The summed E-state index contributed by atoms with van der Waals surface area (Å²) in [5.74, 6) is -0.0222. The van der Waals surface area contributed by atoms with Crippen LogP contribution in [0.15, 0.2) is 24.3 Å². The van der Waals surface area contributed by atoms with Gasteiger partial charge in [-0.2, -0.15) is 0 Å². The van der Waals surface area contributed by atoms with Crippen molar-refractivity contribution in [3.05, 3.63) is 30.1 Å². The SMILES string of the molecule is CN(CC1(O)CCCC1)C(=O)CCOc1cccc(F)c1. The first kappa shape index (κ1) is 15.8. The van der Waals surface area contributed by atoms with E-state index in [1.807, 2.05) is 0 Å². The molecule has 0 bridgehead atoms. The highest BCUT2D eigenvalue weighted by Crippen LogP contribution is 2.30. The van der Waals surface area contributed by atoms with Gasteiger partial charge in [0, 0.05) is 19.7 Å². The number of carbonyl (C=O) groups excluding carboxylic acids is 1. The molecule has 4 nitrogen and oxygen atoms in total. The Kier molecular flexibility index (Phi) is 5.17. The summed E-state index contributed by atoms with van der Waals surface area (Å²) in [4.78, 5) is 13.5. The Morgan fingerprint density at radius 3 is 2.81 bits per heavy atom. The highest BCUT2D eigenvalue weighted by atomic mass is 19.1. The van der Waals surface area contributed by atoms with Crippen molar-refractivity contribution in [3.8, 4) is 5.75 Å². The number of halogens is 1. The molecule has 0 aliphatic heterocycles. The molecule has 0 heterocycles. The minimum absolute atomic E-state index is 0.0771. The van der Waals surface area contributed by atoms with Crippen LogP contribution in [0.25, 0.3) is 0 Å². The zero-order valence-electron chi connectivity index (χ0n) is 12.3. The van der Waals surface area contributed by atoms with Crippen LogP contribution in [-0.4, -0.2) is 41.7 Å². The van der Waals surface area contributed by atoms with E-state index in [9.17, 15) is 14.3 Å². The largest absolute Gasteiger partial charge is 0.493 e. The zero-order chi connectivity index (χ0) is 15.3. The lowest BCUT2D eigenvalue weighted by molar-refractivity contribution is -0.133. The zero-order valence-corrected chi connectivity index (χ0v) is 12.3. The van der Waals surface area contributed by atoms with Crippen molar-refractivity contribution in [2.24, 2.45) is 0 Å². The van der Waals surface area contributed by atoms with Gasteiger partial charge in [0.15, 0.2) is 0 Å². The number of hydrogen-bond acceptors (Lipinski definition) is 3. The predicted octanol–water partition coefficient (Wildman–Crippen LogP) is 2.36. The maximum absolute atomic E-state index is 13.0. The molecular formula is C16H22FNO3. The topological polar surface area (TPSA) is 49.8 Å². The van der Waals surface area contributed by atoms with E-state index in [-0.39, 0.29) is 24.8 Å².